The molecule has 2 aliphatic rings. The summed E-state index contributed by atoms with van der Waals surface area (Å²) in [4.78, 5) is 30.6. The summed E-state index contributed by atoms with van der Waals surface area (Å²) < 4.78 is 38.1. The Morgan fingerprint density at radius 1 is 1.13 bits per heavy atom. The number of pyridine rings is 1. The standard InChI is InChI=1S/C21H21F3N4O2/c22-21(23,24)13-5-6-18(25-12-13)28-9-7-14(8-10-28)26-20(30)16-11-19(29)27-17-4-2-1-3-15(16)17/h1-6,12,14,16H,7-11H2,(H,26,30)(H,27,29)/t16-/m0/s1. The molecule has 2 aliphatic heterocycles. The van der Waals surface area contributed by atoms with Crippen LogP contribution >= 0.6 is 0 Å². The molecule has 1 atom stereocenters. The predicted octanol–water partition coefficient (Wildman–Crippen LogP) is 3.31. The molecule has 4 rings (SSSR count). The van der Waals surface area contributed by atoms with E-state index in [0.717, 1.165) is 17.8 Å². The number of aromatic nitrogens is 1. The van der Waals surface area contributed by atoms with E-state index in [1.807, 2.05) is 23.1 Å². The first-order chi connectivity index (χ1) is 14.3. The Labute approximate surface area is 171 Å². The number of nitrogens with zero attached hydrogens (tertiary/aromatic N) is 2. The normalized spacial score (nSPS) is 19.8. The van der Waals surface area contributed by atoms with Crippen molar-refractivity contribution >= 4 is 23.3 Å². The third-order valence-electron chi connectivity index (χ3n) is 5.56. The largest absolute Gasteiger partial charge is 0.417 e. The Kier molecular flexibility index (Phi) is 5.36. The fourth-order valence-corrected chi connectivity index (χ4v) is 3.94. The van der Waals surface area contributed by atoms with Gasteiger partial charge in [0.05, 0.1) is 11.5 Å². The molecule has 0 radical (unpaired) electrons. The second kappa shape index (κ2) is 7.97. The van der Waals surface area contributed by atoms with Crippen LogP contribution in [0.3, 0.4) is 0 Å². The predicted molar refractivity (Wildman–Crippen MR) is 105 cm³/mol. The van der Waals surface area contributed by atoms with Crippen molar-refractivity contribution < 1.29 is 22.8 Å². The van der Waals surface area contributed by atoms with Gasteiger partial charge in [-0.05, 0) is 36.6 Å². The monoisotopic (exact) mass is 418 g/mol. The summed E-state index contributed by atoms with van der Waals surface area (Å²) in [6.07, 6.45) is -2.16. The number of piperidine rings is 1. The van der Waals surface area contributed by atoms with Gasteiger partial charge in [0, 0.05) is 37.4 Å². The number of rotatable bonds is 3. The van der Waals surface area contributed by atoms with Gasteiger partial charge in [-0.25, -0.2) is 4.98 Å². The molecule has 3 heterocycles. The Bertz CT molecular complexity index is 938. The van der Waals surface area contributed by atoms with E-state index in [1.165, 1.54) is 6.07 Å². The summed E-state index contributed by atoms with van der Waals surface area (Å²) in [6, 6.07) is 9.62. The lowest BCUT2D eigenvalue weighted by molar-refractivity contribution is -0.137. The molecule has 0 aliphatic carbocycles. The second-order valence-corrected chi connectivity index (χ2v) is 7.56. The number of alkyl halides is 3. The van der Waals surface area contributed by atoms with E-state index >= 15 is 0 Å². The quantitative estimate of drug-likeness (QED) is 0.802. The van der Waals surface area contributed by atoms with E-state index in [2.05, 4.69) is 15.6 Å². The summed E-state index contributed by atoms with van der Waals surface area (Å²) in [7, 11) is 0. The maximum Gasteiger partial charge on any atom is 0.417 e. The molecule has 2 aromatic rings. The Morgan fingerprint density at radius 3 is 2.53 bits per heavy atom. The number of carbonyl (C=O) groups excluding carboxylic acids is 2. The number of hydrogen-bond acceptors (Lipinski definition) is 4. The Morgan fingerprint density at radius 2 is 1.87 bits per heavy atom. The molecule has 30 heavy (non-hydrogen) atoms. The maximum absolute atomic E-state index is 12.8. The molecule has 158 valence electrons. The van der Waals surface area contributed by atoms with E-state index in [4.69, 9.17) is 0 Å². The summed E-state index contributed by atoms with van der Waals surface area (Å²) >= 11 is 0. The number of halogens is 3. The summed E-state index contributed by atoms with van der Waals surface area (Å²) in [5.41, 5.74) is 0.697. The molecule has 0 saturated carbocycles. The number of carbonyl (C=O) groups is 2. The van der Waals surface area contributed by atoms with E-state index in [9.17, 15) is 22.8 Å². The Hall–Kier alpha value is -3.10. The van der Waals surface area contributed by atoms with Crippen molar-refractivity contribution in [1.82, 2.24) is 10.3 Å². The second-order valence-electron chi connectivity index (χ2n) is 7.56. The lowest BCUT2D eigenvalue weighted by Crippen LogP contribution is -2.47. The van der Waals surface area contributed by atoms with Gasteiger partial charge in [-0.3, -0.25) is 9.59 Å². The molecule has 1 fully saturated rings. The summed E-state index contributed by atoms with van der Waals surface area (Å²) in [5.74, 6) is -0.393. The molecular formula is C21H21F3N4O2. The first-order valence-corrected chi connectivity index (χ1v) is 9.78. The van der Waals surface area contributed by atoms with Gasteiger partial charge in [-0.15, -0.1) is 0 Å². The van der Waals surface area contributed by atoms with Crippen LogP contribution in [0.5, 0.6) is 0 Å². The zero-order chi connectivity index (χ0) is 21.3. The van der Waals surface area contributed by atoms with Crippen LogP contribution in [0.1, 0.15) is 36.3 Å². The number of fused-ring (bicyclic) bond motifs is 1. The smallest absolute Gasteiger partial charge is 0.356 e. The van der Waals surface area contributed by atoms with Gasteiger partial charge in [0.2, 0.25) is 11.8 Å². The molecule has 0 bridgehead atoms. The highest BCUT2D eigenvalue weighted by molar-refractivity contribution is 6.01. The number of hydrogen-bond donors (Lipinski definition) is 2. The minimum atomic E-state index is -4.41. The van der Waals surface area contributed by atoms with Crippen LogP contribution in [0.2, 0.25) is 0 Å². The minimum absolute atomic E-state index is 0.0552. The topological polar surface area (TPSA) is 74.3 Å². The van der Waals surface area contributed by atoms with Crippen molar-refractivity contribution in [2.75, 3.05) is 23.3 Å². The number of anilines is 2. The lowest BCUT2D eigenvalue weighted by Gasteiger charge is -2.34. The van der Waals surface area contributed by atoms with E-state index < -0.39 is 17.7 Å². The molecule has 6 nitrogen and oxygen atoms in total. The lowest BCUT2D eigenvalue weighted by atomic mass is 9.89. The fraction of sp³-hybridized carbons (Fsp3) is 0.381. The van der Waals surface area contributed by atoms with Gasteiger partial charge < -0.3 is 15.5 Å². The molecule has 0 unspecified atom stereocenters. The molecule has 1 aromatic carbocycles. The highest BCUT2D eigenvalue weighted by Crippen LogP contribution is 2.33. The SMILES string of the molecule is O=C1C[C@H](C(=O)NC2CCN(c3ccc(C(F)(F)F)cn3)CC2)c2ccccc2N1. The number of amides is 2. The molecule has 1 aromatic heterocycles. The first-order valence-electron chi connectivity index (χ1n) is 9.78. The van der Waals surface area contributed by atoms with Crippen LogP contribution in [0.4, 0.5) is 24.7 Å². The van der Waals surface area contributed by atoms with Crippen molar-refractivity contribution in [3.05, 3.63) is 53.7 Å². The molecule has 2 amide bonds. The van der Waals surface area contributed by atoms with Gasteiger partial charge in [-0.1, -0.05) is 18.2 Å². The first kappa shape index (κ1) is 20.2. The molecule has 2 N–H and O–H groups in total. The third kappa shape index (κ3) is 4.24. The molecule has 0 spiro atoms. The highest BCUT2D eigenvalue weighted by atomic mass is 19.4. The van der Waals surface area contributed by atoms with Crippen LogP contribution in [0, 0.1) is 0 Å². The fourth-order valence-electron chi connectivity index (χ4n) is 3.94. The van der Waals surface area contributed by atoms with E-state index in [-0.39, 0.29) is 24.3 Å². The molecule has 9 heteroatoms. The van der Waals surface area contributed by atoms with Crippen LogP contribution in [0.25, 0.3) is 0 Å². The molecule has 1 saturated heterocycles. The van der Waals surface area contributed by atoms with Gasteiger partial charge in [0.25, 0.3) is 0 Å². The van der Waals surface area contributed by atoms with Crippen molar-refractivity contribution in [2.24, 2.45) is 0 Å². The van der Waals surface area contributed by atoms with Crippen LogP contribution in [-0.2, 0) is 15.8 Å². The van der Waals surface area contributed by atoms with Crippen molar-refractivity contribution in [1.29, 1.82) is 0 Å². The number of nitrogens with one attached hydrogen (secondary N) is 2. The Balaban J connectivity index is 1.35. The van der Waals surface area contributed by atoms with Crippen molar-refractivity contribution in [2.45, 2.75) is 37.4 Å². The van der Waals surface area contributed by atoms with Gasteiger partial charge in [0.15, 0.2) is 0 Å². The highest BCUT2D eigenvalue weighted by Gasteiger charge is 2.33. The minimum Gasteiger partial charge on any atom is -0.356 e. The van der Waals surface area contributed by atoms with Gasteiger partial charge in [0.1, 0.15) is 5.82 Å². The number of benzene rings is 1. The maximum atomic E-state index is 12.8. The van der Waals surface area contributed by atoms with Crippen LogP contribution in [0.15, 0.2) is 42.6 Å². The van der Waals surface area contributed by atoms with E-state index in [1.54, 1.807) is 6.07 Å². The van der Waals surface area contributed by atoms with E-state index in [0.29, 0.717) is 37.4 Å². The number of para-hydroxylation sites is 1. The van der Waals surface area contributed by atoms with Gasteiger partial charge >= 0.3 is 6.18 Å². The van der Waals surface area contributed by atoms with Crippen molar-refractivity contribution in [3.63, 3.8) is 0 Å². The summed E-state index contributed by atoms with van der Waals surface area (Å²) in [6.45, 7) is 1.15. The van der Waals surface area contributed by atoms with Gasteiger partial charge in [-0.2, -0.15) is 13.2 Å². The average molecular weight is 418 g/mol. The average Bonchev–Trinajstić information content (AvgIpc) is 2.73. The zero-order valence-corrected chi connectivity index (χ0v) is 16.1. The third-order valence-corrected chi connectivity index (χ3v) is 5.56. The molecular weight excluding hydrogens is 397 g/mol. The van der Waals surface area contributed by atoms with Crippen LogP contribution < -0.4 is 15.5 Å². The van der Waals surface area contributed by atoms with Crippen molar-refractivity contribution in [3.8, 4) is 0 Å². The van der Waals surface area contributed by atoms with Crippen LogP contribution in [-0.4, -0.2) is 35.9 Å². The zero-order valence-electron chi connectivity index (χ0n) is 16.1. The summed E-state index contributed by atoms with van der Waals surface area (Å²) in [5, 5.41) is 5.82.